The van der Waals surface area contributed by atoms with E-state index < -0.39 is 29.5 Å². The van der Waals surface area contributed by atoms with Gasteiger partial charge in [0.1, 0.15) is 12.4 Å². The van der Waals surface area contributed by atoms with E-state index in [1.165, 1.54) is 17.4 Å². The van der Waals surface area contributed by atoms with Crippen molar-refractivity contribution in [2.75, 3.05) is 18.5 Å². The minimum atomic E-state index is -0.664. The maximum absolute atomic E-state index is 15.2. The van der Waals surface area contributed by atoms with E-state index >= 15 is 4.39 Å². The van der Waals surface area contributed by atoms with Gasteiger partial charge in [-0.25, -0.2) is 9.18 Å². The second-order valence-electron chi connectivity index (χ2n) is 10.2. The third-order valence-corrected chi connectivity index (χ3v) is 7.49. The second-order valence-corrected chi connectivity index (χ2v) is 10.2. The first-order valence-corrected chi connectivity index (χ1v) is 13.0. The molecule has 0 aliphatic heterocycles. The number of anilines is 1. The van der Waals surface area contributed by atoms with Gasteiger partial charge in [0, 0.05) is 24.7 Å². The molecule has 2 aromatic rings. The number of hydrogen-bond acceptors (Lipinski definition) is 5. The van der Waals surface area contributed by atoms with E-state index in [0.717, 1.165) is 55.9 Å². The average Bonchev–Trinajstić information content (AvgIpc) is 3.36. The molecule has 0 saturated heterocycles. The van der Waals surface area contributed by atoms with Crippen molar-refractivity contribution in [2.45, 2.75) is 96.3 Å². The van der Waals surface area contributed by atoms with Crippen LogP contribution in [0.15, 0.2) is 21.7 Å². The molecule has 2 aliphatic rings. The van der Waals surface area contributed by atoms with Crippen LogP contribution in [0.5, 0.6) is 0 Å². The quantitative estimate of drug-likeness (QED) is 0.594. The highest BCUT2D eigenvalue weighted by atomic mass is 19.1. The summed E-state index contributed by atoms with van der Waals surface area (Å²) in [5, 5.41) is 12.7. The smallest absolute Gasteiger partial charge is 0.332 e. The van der Waals surface area contributed by atoms with Crippen LogP contribution in [0.1, 0.15) is 77.7 Å². The second kappa shape index (κ2) is 10.9. The number of nitrogens with zero attached hydrogens (tertiary/aromatic N) is 3. The topological polar surface area (TPSA) is 96.6 Å². The lowest BCUT2D eigenvalue weighted by atomic mass is 9.95. The molecule has 2 saturated carbocycles. The first-order chi connectivity index (χ1) is 16.8. The molecule has 8 nitrogen and oxygen atoms in total. The highest BCUT2D eigenvalue weighted by molar-refractivity contribution is 5.83. The molecule has 1 aromatic carbocycles. The van der Waals surface area contributed by atoms with Crippen LogP contribution in [0.4, 0.5) is 10.1 Å². The molecule has 35 heavy (non-hydrogen) atoms. The summed E-state index contributed by atoms with van der Waals surface area (Å²) in [5.74, 6) is -0.958. The summed E-state index contributed by atoms with van der Waals surface area (Å²) in [6.07, 6.45) is 8.87. The molecular formula is C26H37FN4O4. The van der Waals surface area contributed by atoms with Gasteiger partial charge in [-0.1, -0.05) is 32.1 Å². The Labute approximate surface area is 204 Å². The molecule has 2 N–H and O–H groups in total. The summed E-state index contributed by atoms with van der Waals surface area (Å²) in [6.45, 7) is 3.07. The fraction of sp³-hybridized carbons (Fsp3) is 0.654. The van der Waals surface area contributed by atoms with Crippen LogP contribution in [-0.2, 0) is 11.3 Å². The van der Waals surface area contributed by atoms with Crippen LogP contribution < -0.4 is 16.6 Å². The predicted molar refractivity (Wildman–Crippen MR) is 134 cm³/mol. The summed E-state index contributed by atoms with van der Waals surface area (Å²) in [6, 6.07) is 2.70. The molecular weight excluding hydrogens is 451 g/mol. The minimum Gasteiger partial charge on any atom is -0.395 e. The Balaban J connectivity index is 1.81. The fourth-order valence-corrected chi connectivity index (χ4v) is 5.63. The van der Waals surface area contributed by atoms with Crippen molar-refractivity contribution in [3.8, 4) is 0 Å². The van der Waals surface area contributed by atoms with Crippen molar-refractivity contribution in [3.63, 3.8) is 0 Å². The zero-order valence-corrected chi connectivity index (χ0v) is 20.8. The van der Waals surface area contributed by atoms with Gasteiger partial charge in [-0.15, -0.1) is 0 Å². The third kappa shape index (κ3) is 5.29. The van der Waals surface area contributed by atoms with Crippen LogP contribution in [0.25, 0.3) is 10.9 Å². The van der Waals surface area contributed by atoms with Crippen molar-refractivity contribution in [1.82, 2.24) is 14.0 Å². The number of nitrogens with one attached hydrogen (secondary N) is 1. The predicted octanol–water partition coefficient (Wildman–Crippen LogP) is 3.39. The lowest BCUT2D eigenvalue weighted by Gasteiger charge is -2.27. The Morgan fingerprint density at radius 3 is 2.40 bits per heavy atom. The molecule has 2 aliphatic carbocycles. The van der Waals surface area contributed by atoms with Crippen molar-refractivity contribution in [3.05, 3.63) is 38.8 Å². The van der Waals surface area contributed by atoms with Gasteiger partial charge >= 0.3 is 5.69 Å². The highest BCUT2D eigenvalue weighted by Gasteiger charge is 2.27. The van der Waals surface area contributed by atoms with Gasteiger partial charge in [-0.3, -0.25) is 18.7 Å². The number of carbonyl (C=O) groups is 1. The Kier molecular flexibility index (Phi) is 7.94. The summed E-state index contributed by atoms with van der Waals surface area (Å²) in [5.41, 5.74) is -0.460. The summed E-state index contributed by atoms with van der Waals surface area (Å²) in [7, 11) is 0. The SMILES string of the molecule is CC(C)N(CCO)C(=O)Cn1c(=O)c2cc(F)c(NC3CCCCC3)cc2n(C2CCCC2)c1=O. The highest BCUT2D eigenvalue weighted by Crippen LogP contribution is 2.32. The molecule has 192 valence electrons. The van der Waals surface area contributed by atoms with E-state index in [9.17, 15) is 19.5 Å². The van der Waals surface area contributed by atoms with E-state index in [-0.39, 0.29) is 36.7 Å². The standard InChI is InChI=1S/C26H37FN4O4/c1-17(2)29(12-13-32)24(33)16-30-25(34)20-14-21(27)22(28-18-8-4-3-5-9-18)15-23(20)31(26(30)35)19-10-6-7-11-19/h14-15,17-19,28,32H,3-13,16H2,1-2H3. The third-order valence-electron chi connectivity index (χ3n) is 7.49. The number of benzene rings is 1. The number of amides is 1. The molecule has 0 bridgehead atoms. The number of fused-ring (bicyclic) bond motifs is 1. The number of aliphatic hydroxyl groups excluding tert-OH is 1. The summed E-state index contributed by atoms with van der Waals surface area (Å²) in [4.78, 5) is 41.5. The number of aromatic nitrogens is 2. The van der Waals surface area contributed by atoms with E-state index in [2.05, 4.69) is 5.32 Å². The Bertz CT molecular complexity index is 1180. The first-order valence-electron chi connectivity index (χ1n) is 13.0. The number of aliphatic hydroxyl groups is 1. The maximum Gasteiger partial charge on any atom is 0.332 e. The maximum atomic E-state index is 15.2. The summed E-state index contributed by atoms with van der Waals surface area (Å²) >= 11 is 0. The number of rotatable bonds is 8. The minimum absolute atomic E-state index is 0.0985. The van der Waals surface area contributed by atoms with Crippen LogP contribution in [0.3, 0.4) is 0 Å². The van der Waals surface area contributed by atoms with Gasteiger partial charge in [-0.05, 0) is 51.7 Å². The Morgan fingerprint density at radius 1 is 1.11 bits per heavy atom. The first kappa shape index (κ1) is 25.4. The number of carbonyl (C=O) groups excluding carboxylic acids is 1. The van der Waals surface area contributed by atoms with Crippen molar-refractivity contribution in [1.29, 1.82) is 0 Å². The number of hydrogen-bond donors (Lipinski definition) is 2. The van der Waals surface area contributed by atoms with Gasteiger partial charge in [0.15, 0.2) is 0 Å². The molecule has 2 fully saturated rings. The zero-order valence-electron chi connectivity index (χ0n) is 20.8. The normalized spacial score (nSPS) is 17.4. The average molecular weight is 489 g/mol. The molecule has 9 heteroatoms. The van der Waals surface area contributed by atoms with Crippen LogP contribution >= 0.6 is 0 Å². The van der Waals surface area contributed by atoms with E-state index in [4.69, 9.17) is 0 Å². The molecule has 1 amide bonds. The van der Waals surface area contributed by atoms with Crippen LogP contribution in [-0.4, -0.2) is 50.3 Å². The monoisotopic (exact) mass is 488 g/mol. The van der Waals surface area contributed by atoms with E-state index in [0.29, 0.717) is 11.2 Å². The lowest BCUT2D eigenvalue weighted by Crippen LogP contribution is -2.47. The van der Waals surface area contributed by atoms with Crippen LogP contribution in [0, 0.1) is 5.82 Å². The molecule has 4 rings (SSSR count). The lowest BCUT2D eigenvalue weighted by molar-refractivity contribution is -0.134. The zero-order chi connectivity index (χ0) is 25.1. The molecule has 0 radical (unpaired) electrons. The van der Waals surface area contributed by atoms with E-state index in [1.807, 2.05) is 13.8 Å². The Morgan fingerprint density at radius 2 is 1.77 bits per heavy atom. The van der Waals surface area contributed by atoms with Gasteiger partial charge < -0.3 is 15.3 Å². The fourth-order valence-electron chi connectivity index (χ4n) is 5.63. The Hall–Kier alpha value is -2.68. The molecule has 0 unspecified atom stereocenters. The molecule has 0 atom stereocenters. The number of halogens is 1. The van der Waals surface area contributed by atoms with Gasteiger partial charge in [0.2, 0.25) is 5.91 Å². The van der Waals surface area contributed by atoms with E-state index in [1.54, 1.807) is 10.6 Å². The molecule has 0 spiro atoms. The van der Waals surface area contributed by atoms with Gasteiger partial charge in [0.25, 0.3) is 5.56 Å². The van der Waals surface area contributed by atoms with Crippen molar-refractivity contribution < 1.29 is 14.3 Å². The molecule has 1 heterocycles. The summed E-state index contributed by atoms with van der Waals surface area (Å²) < 4.78 is 17.7. The van der Waals surface area contributed by atoms with Gasteiger partial charge in [0.05, 0.1) is 23.2 Å². The van der Waals surface area contributed by atoms with Gasteiger partial charge in [-0.2, -0.15) is 0 Å². The molecule has 1 aromatic heterocycles. The largest absolute Gasteiger partial charge is 0.395 e. The van der Waals surface area contributed by atoms with Crippen molar-refractivity contribution >= 4 is 22.5 Å². The van der Waals surface area contributed by atoms with Crippen LogP contribution in [0.2, 0.25) is 0 Å². The van der Waals surface area contributed by atoms with Crippen molar-refractivity contribution in [2.24, 2.45) is 0 Å².